The minimum absolute atomic E-state index is 0.125. The Bertz CT molecular complexity index is 678. The van der Waals surface area contributed by atoms with Crippen molar-refractivity contribution < 1.29 is 4.79 Å². The average Bonchev–Trinajstić information content (AvgIpc) is 2.43. The molecule has 0 saturated carbocycles. The summed E-state index contributed by atoms with van der Waals surface area (Å²) in [6, 6.07) is 13.2. The minimum atomic E-state index is -0.125. The maximum Gasteiger partial charge on any atom is 0.255 e. The van der Waals surface area contributed by atoms with Crippen LogP contribution >= 0.6 is 12.2 Å². The van der Waals surface area contributed by atoms with Crippen molar-refractivity contribution in [2.45, 2.75) is 20.3 Å². The zero-order valence-electron chi connectivity index (χ0n) is 12.1. The van der Waals surface area contributed by atoms with E-state index in [4.69, 9.17) is 18.0 Å². The monoisotopic (exact) mass is 298 g/mol. The van der Waals surface area contributed by atoms with Crippen molar-refractivity contribution in [3.8, 4) is 0 Å². The van der Waals surface area contributed by atoms with Gasteiger partial charge in [0, 0.05) is 17.7 Å². The molecule has 0 aliphatic rings. The van der Waals surface area contributed by atoms with Crippen LogP contribution in [0.4, 0.5) is 5.69 Å². The van der Waals surface area contributed by atoms with E-state index in [1.807, 2.05) is 44.2 Å². The highest BCUT2D eigenvalue weighted by atomic mass is 32.1. The number of hydrogen-bond donors (Lipinski definition) is 2. The van der Waals surface area contributed by atoms with Gasteiger partial charge in [-0.05, 0) is 54.8 Å². The molecule has 108 valence electrons. The van der Waals surface area contributed by atoms with Crippen molar-refractivity contribution in [1.29, 1.82) is 0 Å². The maximum absolute atomic E-state index is 12.2. The number of nitrogens with one attached hydrogen (secondary N) is 1. The van der Waals surface area contributed by atoms with E-state index in [0.717, 1.165) is 16.8 Å². The highest BCUT2D eigenvalue weighted by Gasteiger charge is 2.07. The predicted octanol–water partition coefficient (Wildman–Crippen LogP) is 3.38. The lowest BCUT2D eigenvalue weighted by Gasteiger charge is -2.08. The molecular formula is C17H18N2OS. The van der Waals surface area contributed by atoms with Crippen LogP contribution in [-0.2, 0) is 6.42 Å². The second-order valence-electron chi connectivity index (χ2n) is 5.09. The molecule has 2 aromatic carbocycles. The van der Waals surface area contributed by atoms with Gasteiger partial charge in [0.15, 0.2) is 0 Å². The van der Waals surface area contributed by atoms with Gasteiger partial charge in [-0.3, -0.25) is 4.79 Å². The molecule has 0 bridgehead atoms. The van der Waals surface area contributed by atoms with Crippen molar-refractivity contribution in [3.63, 3.8) is 0 Å². The van der Waals surface area contributed by atoms with E-state index in [2.05, 4.69) is 5.32 Å². The number of amides is 1. The summed E-state index contributed by atoms with van der Waals surface area (Å²) in [6.07, 6.45) is 0.550. The number of rotatable bonds is 4. The van der Waals surface area contributed by atoms with E-state index in [0.29, 0.717) is 17.0 Å². The third-order valence-electron chi connectivity index (χ3n) is 3.36. The largest absolute Gasteiger partial charge is 0.393 e. The Morgan fingerprint density at radius 3 is 2.33 bits per heavy atom. The summed E-state index contributed by atoms with van der Waals surface area (Å²) in [5, 5.41) is 2.90. The second kappa shape index (κ2) is 6.50. The Kier molecular flexibility index (Phi) is 4.70. The average molecular weight is 298 g/mol. The van der Waals surface area contributed by atoms with Gasteiger partial charge in [-0.15, -0.1) is 0 Å². The maximum atomic E-state index is 12.2. The number of benzene rings is 2. The first kappa shape index (κ1) is 15.2. The van der Waals surface area contributed by atoms with Crippen LogP contribution < -0.4 is 11.1 Å². The van der Waals surface area contributed by atoms with Crippen LogP contribution in [0.25, 0.3) is 0 Å². The van der Waals surface area contributed by atoms with Crippen LogP contribution in [-0.4, -0.2) is 10.9 Å². The lowest BCUT2D eigenvalue weighted by Crippen LogP contribution is -2.13. The molecule has 0 aliphatic heterocycles. The van der Waals surface area contributed by atoms with Gasteiger partial charge in [0.2, 0.25) is 0 Å². The van der Waals surface area contributed by atoms with Gasteiger partial charge in [0.05, 0.1) is 4.99 Å². The molecule has 3 nitrogen and oxygen atoms in total. The predicted molar refractivity (Wildman–Crippen MR) is 90.8 cm³/mol. The Labute approximate surface area is 130 Å². The lowest BCUT2D eigenvalue weighted by molar-refractivity contribution is 0.102. The quantitative estimate of drug-likeness (QED) is 0.851. The molecule has 3 N–H and O–H groups in total. The molecule has 0 atom stereocenters. The SMILES string of the molecule is Cc1ccc(NC(=O)c2ccc(CC(N)=S)cc2)cc1C. The first-order valence-corrected chi connectivity index (χ1v) is 7.12. The number of anilines is 1. The molecule has 2 rings (SSSR count). The highest BCUT2D eigenvalue weighted by molar-refractivity contribution is 7.80. The summed E-state index contributed by atoms with van der Waals surface area (Å²) in [7, 11) is 0. The van der Waals surface area contributed by atoms with E-state index in [1.165, 1.54) is 5.56 Å². The fourth-order valence-corrected chi connectivity index (χ4v) is 2.16. The summed E-state index contributed by atoms with van der Waals surface area (Å²) in [6.45, 7) is 4.07. The third kappa shape index (κ3) is 4.13. The molecular weight excluding hydrogens is 280 g/mol. The van der Waals surface area contributed by atoms with Gasteiger partial charge in [0.1, 0.15) is 0 Å². The third-order valence-corrected chi connectivity index (χ3v) is 3.50. The highest BCUT2D eigenvalue weighted by Crippen LogP contribution is 2.15. The van der Waals surface area contributed by atoms with Crippen LogP contribution in [0.15, 0.2) is 42.5 Å². The number of aryl methyl sites for hydroxylation is 2. The first-order chi connectivity index (χ1) is 9.95. The van der Waals surface area contributed by atoms with E-state index in [1.54, 1.807) is 12.1 Å². The van der Waals surface area contributed by atoms with Gasteiger partial charge in [-0.25, -0.2) is 0 Å². The standard InChI is InChI=1S/C17H18N2OS/c1-11-3-8-15(9-12(11)2)19-17(20)14-6-4-13(5-7-14)10-16(18)21/h3-9H,10H2,1-2H3,(H2,18,21)(H,19,20). The molecule has 2 aromatic rings. The van der Waals surface area contributed by atoms with Crippen LogP contribution in [0.1, 0.15) is 27.0 Å². The van der Waals surface area contributed by atoms with Gasteiger partial charge in [0.25, 0.3) is 5.91 Å². The Morgan fingerprint density at radius 2 is 1.76 bits per heavy atom. The number of thiocarbonyl (C=S) groups is 1. The van der Waals surface area contributed by atoms with Crippen molar-refractivity contribution in [2.24, 2.45) is 5.73 Å². The molecule has 21 heavy (non-hydrogen) atoms. The van der Waals surface area contributed by atoms with E-state index in [9.17, 15) is 4.79 Å². The molecule has 4 heteroatoms. The number of carbonyl (C=O) groups is 1. The molecule has 0 saturated heterocycles. The van der Waals surface area contributed by atoms with Gasteiger partial charge >= 0.3 is 0 Å². The molecule has 0 radical (unpaired) electrons. The Morgan fingerprint density at radius 1 is 1.10 bits per heavy atom. The minimum Gasteiger partial charge on any atom is -0.393 e. The summed E-state index contributed by atoms with van der Waals surface area (Å²) in [4.78, 5) is 12.6. The van der Waals surface area contributed by atoms with Gasteiger partial charge in [-0.1, -0.05) is 30.4 Å². The number of carbonyl (C=O) groups excluding carboxylic acids is 1. The zero-order chi connectivity index (χ0) is 15.4. The molecule has 0 aliphatic carbocycles. The Balaban J connectivity index is 2.09. The summed E-state index contributed by atoms with van der Waals surface area (Å²) in [5.74, 6) is -0.125. The lowest BCUT2D eigenvalue weighted by atomic mass is 10.1. The molecule has 0 heterocycles. The van der Waals surface area contributed by atoms with Crippen LogP contribution in [0.3, 0.4) is 0 Å². The zero-order valence-corrected chi connectivity index (χ0v) is 13.0. The first-order valence-electron chi connectivity index (χ1n) is 6.71. The van der Waals surface area contributed by atoms with Crippen LogP contribution in [0, 0.1) is 13.8 Å². The molecule has 0 fully saturated rings. The molecule has 1 amide bonds. The topological polar surface area (TPSA) is 55.1 Å². The fraction of sp³-hybridized carbons (Fsp3) is 0.176. The van der Waals surface area contributed by atoms with Crippen molar-refractivity contribution in [1.82, 2.24) is 0 Å². The van der Waals surface area contributed by atoms with Crippen molar-refractivity contribution >= 4 is 28.8 Å². The molecule has 0 unspecified atom stereocenters. The van der Waals surface area contributed by atoms with Crippen molar-refractivity contribution in [3.05, 3.63) is 64.7 Å². The molecule has 0 aromatic heterocycles. The normalized spacial score (nSPS) is 10.2. The number of nitrogens with two attached hydrogens (primary N) is 1. The van der Waals surface area contributed by atoms with Gasteiger partial charge in [-0.2, -0.15) is 0 Å². The van der Waals surface area contributed by atoms with Crippen LogP contribution in [0.2, 0.25) is 0 Å². The van der Waals surface area contributed by atoms with Crippen LogP contribution in [0.5, 0.6) is 0 Å². The van der Waals surface area contributed by atoms with E-state index < -0.39 is 0 Å². The second-order valence-corrected chi connectivity index (χ2v) is 5.62. The van der Waals surface area contributed by atoms with E-state index in [-0.39, 0.29) is 5.91 Å². The fourth-order valence-electron chi connectivity index (χ4n) is 2.00. The van der Waals surface area contributed by atoms with E-state index >= 15 is 0 Å². The summed E-state index contributed by atoms with van der Waals surface area (Å²) < 4.78 is 0. The summed E-state index contributed by atoms with van der Waals surface area (Å²) in [5.41, 5.74) is 10.3. The van der Waals surface area contributed by atoms with Crippen molar-refractivity contribution in [2.75, 3.05) is 5.32 Å². The summed E-state index contributed by atoms with van der Waals surface area (Å²) >= 11 is 4.87. The number of hydrogen-bond acceptors (Lipinski definition) is 2. The smallest absolute Gasteiger partial charge is 0.255 e. The van der Waals surface area contributed by atoms with Gasteiger partial charge < -0.3 is 11.1 Å². The molecule has 0 spiro atoms. The Hall–Kier alpha value is -2.20.